The van der Waals surface area contributed by atoms with Crippen molar-refractivity contribution in [3.63, 3.8) is 0 Å². The zero-order valence-corrected chi connectivity index (χ0v) is 17.9. The summed E-state index contributed by atoms with van der Waals surface area (Å²) >= 11 is 1.65. The van der Waals surface area contributed by atoms with Gasteiger partial charge in [0, 0.05) is 10.6 Å². The predicted octanol–water partition coefficient (Wildman–Crippen LogP) is 4.82. The van der Waals surface area contributed by atoms with E-state index in [2.05, 4.69) is 28.5 Å². The number of Topliss-reactive ketones (excluding diaryl/α,β-unsaturated/α-hetero) is 1. The summed E-state index contributed by atoms with van der Waals surface area (Å²) in [5, 5.41) is 5.50. The van der Waals surface area contributed by atoms with Gasteiger partial charge in [-0.2, -0.15) is 0 Å². The van der Waals surface area contributed by atoms with Crippen molar-refractivity contribution in [3.05, 3.63) is 80.8 Å². The zero-order chi connectivity index (χ0) is 21.0. The first kappa shape index (κ1) is 21.0. The minimum absolute atomic E-state index is 0.0846. The summed E-state index contributed by atoms with van der Waals surface area (Å²) in [6, 6.07) is 13.6. The predicted molar refractivity (Wildman–Crippen MR) is 116 cm³/mol. The molecule has 152 valence electrons. The SMILES string of the molecule is CCOC(=O)c1c(C)[nH]c(C(=O)[C@@H](C)N[C@@H](c2ccccc2)c2cccs2)c1C. The van der Waals surface area contributed by atoms with E-state index in [1.165, 1.54) is 0 Å². The number of thiophene rings is 1. The number of benzene rings is 1. The molecular weight excluding hydrogens is 384 g/mol. The molecule has 0 saturated heterocycles. The number of esters is 1. The first-order chi connectivity index (χ1) is 13.9. The third-order valence-corrected chi connectivity index (χ3v) is 5.87. The van der Waals surface area contributed by atoms with Crippen LogP contribution in [-0.2, 0) is 4.74 Å². The van der Waals surface area contributed by atoms with Gasteiger partial charge in [-0.15, -0.1) is 11.3 Å². The van der Waals surface area contributed by atoms with Crippen molar-refractivity contribution in [1.82, 2.24) is 10.3 Å². The largest absolute Gasteiger partial charge is 0.462 e. The van der Waals surface area contributed by atoms with Crippen molar-refractivity contribution >= 4 is 23.1 Å². The number of hydrogen-bond donors (Lipinski definition) is 2. The summed E-state index contributed by atoms with van der Waals surface area (Å²) in [5.74, 6) is -0.488. The maximum absolute atomic E-state index is 13.2. The van der Waals surface area contributed by atoms with Gasteiger partial charge in [-0.1, -0.05) is 36.4 Å². The molecule has 0 fully saturated rings. The highest BCUT2D eigenvalue weighted by molar-refractivity contribution is 7.10. The maximum Gasteiger partial charge on any atom is 0.340 e. The molecule has 3 rings (SSSR count). The van der Waals surface area contributed by atoms with Gasteiger partial charge in [0.05, 0.1) is 29.9 Å². The third-order valence-electron chi connectivity index (χ3n) is 4.93. The fraction of sp³-hybridized carbons (Fsp3) is 0.304. The van der Waals surface area contributed by atoms with Gasteiger partial charge < -0.3 is 9.72 Å². The van der Waals surface area contributed by atoms with Crippen molar-refractivity contribution in [1.29, 1.82) is 0 Å². The van der Waals surface area contributed by atoms with Gasteiger partial charge in [0.25, 0.3) is 0 Å². The normalized spacial score (nSPS) is 13.1. The van der Waals surface area contributed by atoms with E-state index in [0.717, 1.165) is 10.4 Å². The molecule has 3 aromatic rings. The van der Waals surface area contributed by atoms with Crippen LogP contribution in [-0.4, -0.2) is 29.4 Å². The Hall–Kier alpha value is -2.70. The van der Waals surface area contributed by atoms with E-state index in [1.54, 1.807) is 32.1 Å². The molecule has 0 aliphatic carbocycles. The monoisotopic (exact) mass is 410 g/mol. The van der Waals surface area contributed by atoms with E-state index in [9.17, 15) is 9.59 Å². The van der Waals surface area contributed by atoms with Crippen LogP contribution in [0.15, 0.2) is 47.8 Å². The molecule has 0 spiro atoms. The number of aromatic nitrogens is 1. The maximum atomic E-state index is 13.2. The Bertz CT molecular complexity index is 977. The van der Waals surface area contributed by atoms with Gasteiger partial charge in [-0.25, -0.2) is 4.79 Å². The number of H-pyrrole nitrogens is 1. The third kappa shape index (κ3) is 4.49. The van der Waals surface area contributed by atoms with Crippen LogP contribution in [0.25, 0.3) is 0 Å². The number of rotatable bonds is 8. The molecule has 0 radical (unpaired) electrons. The van der Waals surface area contributed by atoms with Gasteiger partial charge in [0.1, 0.15) is 0 Å². The highest BCUT2D eigenvalue weighted by Gasteiger charge is 2.27. The van der Waals surface area contributed by atoms with E-state index in [4.69, 9.17) is 4.74 Å². The van der Waals surface area contributed by atoms with Crippen molar-refractivity contribution in [2.24, 2.45) is 0 Å². The van der Waals surface area contributed by atoms with Crippen molar-refractivity contribution < 1.29 is 14.3 Å². The number of carbonyl (C=O) groups is 2. The summed E-state index contributed by atoms with van der Waals surface area (Å²) < 4.78 is 5.13. The first-order valence-electron chi connectivity index (χ1n) is 9.68. The Morgan fingerprint density at radius 2 is 1.86 bits per heavy atom. The van der Waals surface area contributed by atoms with Crippen molar-refractivity contribution in [3.8, 4) is 0 Å². The van der Waals surface area contributed by atoms with Gasteiger partial charge in [0.15, 0.2) is 5.78 Å². The second kappa shape index (κ2) is 9.20. The number of aryl methyl sites for hydroxylation is 1. The van der Waals surface area contributed by atoms with Crippen LogP contribution in [0.2, 0.25) is 0 Å². The van der Waals surface area contributed by atoms with Gasteiger partial charge in [-0.3, -0.25) is 10.1 Å². The second-order valence-corrected chi connectivity index (χ2v) is 7.94. The van der Waals surface area contributed by atoms with Crippen molar-refractivity contribution in [2.75, 3.05) is 6.61 Å². The average Bonchev–Trinajstić information content (AvgIpc) is 3.34. The number of aromatic amines is 1. The molecule has 29 heavy (non-hydrogen) atoms. The lowest BCUT2D eigenvalue weighted by Crippen LogP contribution is -2.37. The molecule has 2 aromatic heterocycles. The lowest BCUT2D eigenvalue weighted by Gasteiger charge is -2.22. The number of carbonyl (C=O) groups excluding carboxylic acids is 2. The highest BCUT2D eigenvalue weighted by atomic mass is 32.1. The molecule has 0 amide bonds. The molecular formula is C23H26N2O3S. The van der Waals surface area contributed by atoms with Crippen LogP contribution in [0.4, 0.5) is 0 Å². The van der Waals surface area contributed by atoms with Gasteiger partial charge in [-0.05, 0) is 50.3 Å². The summed E-state index contributed by atoms with van der Waals surface area (Å²) in [4.78, 5) is 29.7. The molecule has 2 heterocycles. The van der Waals surface area contributed by atoms with Crippen LogP contribution in [0.5, 0.6) is 0 Å². The molecule has 5 nitrogen and oxygen atoms in total. The lowest BCUT2D eigenvalue weighted by molar-refractivity contribution is 0.0525. The molecule has 0 aliphatic heterocycles. The van der Waals surface area contributed by atoms with E-state index in [1.807, 2.05) is 36.6 Å². The fourth-order valence-corrected chi connectivity index (χ4v) is 4.30. The standard InChI is InChI=1S/C23H26N2O3S/c1-5-28-23(27)19-14(2)20(24-15(19)3)22(26)16(4)25-21(18-12-9-13-29-18)17-10-7-6-8-11-17/h6-13,16,21,24-25H,5H2,1-4H3/t16-,21+/m1/s1. The molecule has 1 aromatic carbocycles. The quantitative estimate of drug-likeness (QED) is 0.413. The number of nitrogens with one attached hydrogen (secondary N) is 2. The Morgan fingerprint density at radius 1 is 1.14 bits per heavy atom. The van der Waals surface area contributed by atoms with Crippen LogP contribution in [0, 0.1) is 13.8 Å². The van der Waals surface area contributed by atoms with Crippen LogP contribution in [0.1, 0.15) is 62.4 Å². The molecule has 2 atom stereocenters. The van der Waals surface area contributed by atoms with Crippen LogP contribution < -0.4 is 5.32 Å². The summed E-state index contributed by atoms with van der Waals surface area (Å²) in [6.07, 6.45) is 0. The van der Waals surface area contributed by atoms with Gasteiger partial charge in [0.2, 0.25) is 0 Å². The topological polar surface area (TPSA) is 71.2 Å². The van der Waals surface area contributed by atoms with Gasteiger partial charge >= 0.3 is 5.97 Å². The minimum atomic E-state index is -0.450. The highest BCUT2D eigenvalue weighted by Crippen LogP contribution is 2.27. The number of ketones is 1. The van der Waals surface area contributed by atoms with E-state index >= 15 is 0 Å². The van der Waals surface area contributed by atoms with E-state index in [0.29, 0.717) is 29.1 Å². The summed E-state index contributed by atoms with van der Waals surface area (Å²) in [6.45, 7) is 7.48. The Labute approximate surface area is 175 Å². The molecule has 0 aliphatic rings. The molecule has 2 N–H and O–H groups in total. The molecule has 6 heteroatoms. The Balaban J connectivity index is 1.86. The number of hydrogen-bond acceptors (Lipinski definition) is 5. The molecule has 0 saturated carbocycles. The zero-order valence-electron chi connectivity index (χ0n) is 17.1. The molecule has 0 bridgehead atoms. The Morgan fingerprint density at radius 3 is 2.48 bits per heavy atom. The lowest BCUT2D eigenvalue weighted by atomic mass is 10.0. The first-order valence-corrected chi connectivity index (χ1v) is 10.6. The Kier molecular flexibility index (Phi) is 6.67. The van der Waals surface area contributed by atoms with Crippen LogP contribution >= 0.6 is 11.3 Å². The smallest absolute Gasteiger partial charge is 0.340 e. The van der Waals surface area contributed by atoms with Crippen molar-refractivity contribution in [2.45, 2.75) is 39.8 Å². The number of ether oxygens (including phenoxy) is 1. The van der Waals surface area contributed by atoms with E-state index in [-0.39, 0.29) is 11.8 Å². The second-order valence-electron chi connectivity index (χ2n) is 6.96. The minimum Gasteiger partial charge on any atom is -0.462 e. The molecule has 0 unspecified atom stereocenters. The average molecular weight is 411 g/mol. The summed E-state index contributed by atoms with van der Waals surface area (Å²) in [7, 11) is 0. The van der Waals surface area contributed by atoms with E-state index < -0.39 is 12.0 Å². The summed E-state index contributed by atoms with van der Waals surface area (Å²) in [5.41, 5.74) is 3.27. The fourth-order valence-electron chi connectivity index (χ4n) is 3.49. The van der Waals surface area contributed by atoms with Crippen LogP contribution in [0.3, 0.4) is 0 Å².